The van der Waals surface area contributed by atoms with Gasteiger partial charge in [-0.3, -0.25) is 14.9 Å². The minimum atomic E-state index is -0.593. The third kappa shape index (κ3) is 5.66. The number of carbonyl (C=O) groups is 1. The molecule has 0 unspecified atom stereocenters. The van der Waals surface area contributed by atoms with Gasteiger partial charge in [-0.25, -0.2) is 0 Å². The van der Waals surface area contributed by atoms with E-state index in [-0.39, 0.29) is 28.1 Å². The number of anilines is 3. The Morgan fingerprint density at radius 1 is 1.21 bits per heavy atom. The lowest BCUT2D eigenvalue weighted by Crippen LogP contribution is -2.15. The van der Waals surface area contributed by atoms with E-state index in [4.69, 9.17) is 11.6 Å². The van der Waals surface area contributed by atoms with Crippen molar-refractivity contribution in [2.24, 2.45) is 0 Å². The minimum absolute atomic E-state index is 0.0397. The quantitative estimate of drug-likeness (QED) is 0.290. The van der Waals surface area contributed by atoms with Gasteiger partial charge in [0.1, 0.15) is 5.69 Å². The molecule has 1 heterocycles. The zero-order valence-corrected chi connectivity index (χ0v) is 17.8. The maximum atomic E-state index is 12.2. The SMILES string of the molecule is Cc1ccc(Nc2nnc(SCC(=O)Nc3ccc(Cl)cc3[N+](=O)[O-])s2)cc1C. The Kier molecular flexibility index (Phi) is 6.68. The second kappa shape index (κ2) is 9.21. The topological polar surface area (TPSA) is 110 Å². The molecule has 1 aromatic heterocycles. The van der Waals surface area contributed by atoms with Crippen LogP contribution in [0.4, 0.5) is 22.2 Å². The molecule has 29 heavy (non-hydrogen) atoms. The number of aryl methyl sites for hydroxylation is 2. The number of carbonyl (C=O) groups excluding carboxylic acids is 1. The third-order valence-corrected chi connectivity index (χ3v) is 6.13. The Morgan fingerprint density at radius 2 is 2.00 bits per heavy atom. The summed E-state index contributed by atoms with van der Waals surface area (Å²) < 4.78 is 0.608. The van der Waals surface area contributed by atoms with Crippen molar-refractivity contribution in [2.75, 3.05) is 16.4 Å². The molecule has 11 heteroatoms. The lowest BCUT2D eigenvalue weighted by molar-refractivity contribution is -0.383. The highest BCUT2D eigenvalue weighted by molar-refractivity contribution is 8.01. The van der Waals surface area contributed by atoms with E-state index in [1.54, 1.807) is 0 Å². The van der Waals surface area contributed by atoms with Crippen LogP contribution in [0, 0.1) is 24.0 Å². The number of halogens is 1. The van der Waals surface area contributed by atoms with E-state index in [2.05, 4.69) is 20.8 Å². The molecule has 8 nitrogen and oxygen atoms in total. The highest BCUT2D eigenvalue weighted by Gasteiger charge is 2.17. The molecule has 0 aliphatic carbocycles. The third-order valence-electron chi connectivity index (χ3n) is 3.92. The number of rotatable bonds is 7. The predicted octanol–water partition coefficient (Wildman–Crippen LogP) is 5.19. The van der Waals surface area contributed by atoms with Crippen LogP contribution in [0.15, 0.2) is 40.7 Å². The normalized spacial score (nSPS) is 10.6. The van der Waals surface area contributed by atoms with E-state index >= 15 is 0 Å². The van der Waals surface area contributed by atoms with Crippen molar-refractivity contribution in [1.29, 1.82) is 0 Å². The fraction of sp³-hybridized carbons (Fsp3) is 0.167. The summed E-state index contributed by atoms with van der Waals surface area (Å²) in [5.74, 6) is -0.350. The average molecular weight is 450 g/mol. The van der Waals surface area contributed by atoms with Crippen LogP contribution in [0.3, 0.4) is 0 Å². The molecule has 0 atom stereocenters. The zero-order valence-electron chi connectivity index (χ0n) is 15.4. The van der Waals surface area contributed by atoms with Gasteiger partial charge in [0.2, 0.25) is 11.0 Å². The number of nitro groups is 1. The van der Waals surface area contributed by atoms with E-state index in [1.807, 2.05) is 32.0 Å². The van der Waals surface area contributed by atoms with E-state index in [0.717, 1.165) is 5.69 Å². The lowest BCUT2D eigenvalue weighted by Gasteiger charge is -2.05. The van der Waals surface area contributed by atoms with Crippen LogP contribution >= 0.6 is 34.7 Å². The number of benzene rings is 2. The molecule has 2 aromatic carbocycles. The number of nitrogens with one attached hydrogen (secondary N) is 2. The molecular weight excluding hydrogens is 434 g/mol. The first kappa shape index (κ1) is 21.0. The maximum Gasteiger partial charge on any atom is 0.294 e. The maximum absolute atomic E-state index is 12.2. The Balaban J connectivity index is 1.57. The number of thioether (sulfide) groups is 1. The van der Waals surface area contributed by atoms with Crippen molar-refractivity contribution >= 4 is 62.8 Å². The van der Waals surface area contributed by atoms with Crippen molar-refractivity contribution < 1.29 is 9.72 Å². The van der Waals surface area contributed by atoms with Gasteiger partial charge in [0.05, 0.1) is 10.7 Å². The molecule has 0 saturated heterocycles. The highest BCUT2D eigenvalue weighted by atomic mass is 35.5. The van der Waals surface area contributed by atoms with Gasteiger partial charge in [-0.15, -0.1) is 10.2 Å². The van der Waals surface area contributed by atoms with Gasteiger partial charge in [0.25, 0.3) is 5.69 Å². The van der Waals surface area contributed by atoms with Crippen molar-refractivity contribution in [2.45, 2.75) is 18.2 Å². The molecule has 0 saturated carbocycles. The summed E-state index contributed by atoms with van der Waals surface area (Å²) in [6, 6.07) is 10.1. The first-order valence-corrected chi connectivity index (χ1v) is 10.5. The van der Waals surface area contributed by atoms with Crippen LogP contribution in [0.5, 0.6) is 0 Å². The van der Waals surface area contributed by atoms with Crippen molar-refractivity contribution in [3.8, 4) is 0 Å². The van der Waals surface area contributed by atoms with Gasteiger partial charge in [-0.05, 0) is 49.2 Å². The highest BCUT2D eigenvalue weighted by Crippen LogP contribution is 2.30. The van der Waals surface area contributed by atoms with Crippen molar-refractivity contribution in [3.05, 3.63) is 62.7 Å². The molecule has 0 radical (unpaired) electrons. The molecule has 0 bridgehead atoms. The first-order valence-electron chi connectivity index (χ1n) is 8.36. The van der Waals surface area contributed by atoms with Crippen LogP contribution in [0.1, 0.15) is 11.1 Å². The van der Waals surface area contributed by atoms with Gasteiger partial charge >= 0.3 is 0 Å². The molecule has 0 aliphatic rings. The predicted molar refractivity (Wildman–Crippen MR) is 117 cm³/mol. The van der Waals surface area contributed by atoms with Gasteiger partial charge in [0.15, 0.2) is 4.34 Å². The lowest BCUT2D eigenvalue weighted by atomic mass is 10.1. The molecule has 150 valence electrons. The molecule has 2 N–H and O–H groups in total. The Bertz CT molecular complexity index is 1070. The zero-order chi connectivity index (χ0) is 21.0. The van der Waals surface area contributed by atoms with E-state index in [9.17, 15) is 14.9 Å². The Labute approximate surface area is 179 Å². The molecule has 3 aromatic rings. The number of hydrogen-bond acceptors (Lipinski definition) is 8. The summed E-state index contributed by atoms with van der Waals surface area (Å²) in [7, 11) is 0. The second-order valence-electron chi connectivity index (χ2n) is 6.05. The molecule has 3 rings (SSSR count). The van der Waals surface area contributed by atoms with Crippen LogP contribution in [-0.4, -0.2) is 26.8 Å². The molecule has 0 fully saturated rings. The standard InChI is InChI=1S/C18H16ClN5O3S2/c1-10-3-5-13(7-11(10)2)20-17-22-23-18(29-17)28-9-16(25)21-14-6-4-12(19)8-15(14)24(26)27/h3-8H,9H2,1-2H3,(H,20,22)(H,21,25). The number of aromatic nitrogens is 2. The van der Waals surface area contributed by atoms with Crippen molar-refractivity contribution in [3.63, 3.8) is 0 Å². The number of nitro benzene ring substituents is 1. The van der Waals surface area contributed by atoms with E-state index < -0.39 is 4.92 Å². The summed E-state index contributed by atoms with van der Waals surface area (Å²) in [5.41, 5.74) is 3.12. The minimum Gasteiger partial charge on any atom is -0.330 e. The van der Waals surface area contributed by atoms with Gasteiger partial charge < -0.3 is 10.6 Å². The van der Waals surface area contributed by atoms with Gasteiger partial charge in [-0.2, -0.15) is 0 Å². The van der Waals surface area contributed by atoms with Crippen LogP contribution in [0.25, 0.3) is 0 Å². The van der Waals surface area contributed by atoms with Crippen LogP contribution < -0.4 is 10.6 Å². The van der Waals surface area contributed by atoms with Gasteiger partial charge in [-0.1, -0.05) is 40.8 Å². The van der Waals surface area contributed by atoms with Gasteiger partial charge in [0, 0.05) is 16.8 Å². The smallest absolute Gasteiger partial charge is 0.294 e. The van der Waals surface area contributed by atoms with E-state index in [0.29, 0.717) is 9.47 Å². The summed E-state index contributed by atoms with van der Waals surface area (Å²) >= 11 is 8.29. The molecule has 1 amide bonds. The monoisotopic (exact) mass is 449 g/mol. The van der Waals surface area contributed by atoms with Crippen LogP contribution in [0.2, 0.25) is 5.02 Å². The summed E-state index contributed by atoms with van der Waals surface area (Å²) in [6.45, 7) is 4.08. The van der Waals surface area contributed by atoms with Crippen LogP contribution in [-0.2, 0) is 4.79 Å². The van der Waals surface area contributed by atoms with E-state index in [1.165, 1.54) is 52.4 Å². The Hall–Kier alpha value is -2.69. The summed E-state index contributed by atoms with van der Waals surface area (Å²) in [5, 5.41) is 25.8. The largest absolute Gasteiger partial charge is 0.330 e. The first-order chi connectivity index (χ1) is 13.8. The van der Waals surface area contributed by atoms with Crippen molar-refractivity contribution in [1.82, 2.24) is 10.2 Å². The molecular formula is C18H16ClN5O3S2. The number of hydrogen-bond donors (Lipinski definition) is 2. The number of amides is 1. The average Bonchev–Trinajstić information content (AvgIpc) is 3.12. The molecule has 0 spiro atoms. The second-order valence-corrected chi connectivity index (χ2v) is 8.69. The summed E-state index contributed by atoms with van der Waals surface area (Å²) in [4.78, 5) is 22.7. The fourth-order valence-corrected chi connectivity index (χ4v) is 4.07. The fourth-order valence-electron chi connectivity index (χ4n) is 2.34. The Morgan fingerprint density at radius 3 is 2.72 bits per heavy atom. The summed E-state index contributed by atoms with van der Waals surface area (Å²) in [6.07, 6.45) is 0. The molecule has 0 aliphatic heterocycles. The number of nitrogens with zero attached hydrogens (tertiary/aromatic N) is 3.